The minimum absolute atomic E-state index is 0.0599. The Morgan fingerprint density at radius 3 is 2.64 bits per heavy atom. The first-order valence-electron chi connectivity index (χ1n) is 7.17. The molecule has 1 aromatic heterocycles. The maximum absolute atomic E-state index is 12.9. The smallest absolute Gasteiger partial charge is 0.236 e. The van der Waals surface area contributed by atoms with E-state index in [9.17, 15) is 9.18 Å². The molecular weight excluding hydrogens is 283 g/mol. The Morgan fingerprint density at radius 1 is 1.27 bits per heavy atom. The lowest BCUT2D eigenvalue weighted by Gasteiger charge is -2.22. The fourth-order valence-corrected chi connectivity index (χ4v) is 2.12. The summed E-state index contributed by atoms with van der Waals surface area (Å²) in [5.74, 6) is -0.188. The molecule has 22 heavy (non-hydrogen) atoms. The first kappa shape index (κ1) is 16.2. The highest BCUT2D eigenvalue weighted by molar-refractivity contribution is 5.77. The van der Waals surface area contributed by atoms with E-state index in [0.717, 1.165) is 12.1 Å². The van der Waals surface area contributed by atoms with Gasteiger partial charge in [0.25, 0.3) is 0 Å². The molecule has 2 aromatic rings. The molecule has 6 heteroatoms. The van der Waals surface area contributed by atoms with Crippen LogP contribution < -0.4 is 0 Å². The minimum Gasteiger partial charge on any atom is -0.343 e. The number of hydrogen-bond acceptors (Lipinski definition) is 3. The van der Waals surface area contributed by atoms with E-state index >= 15 is 0 Å². The number of halogens is 1. The molecule has 0 saturated carbocycles. The lowest BCUT2D eigenvalue weighted by Crippen LogP contribution is -2.37. The van der Waals surface area contributed by atoms with Crippen LogP contribution in [0.3, 0.4) is 0 Å². The van der Waals surface area contributed by atoms with Crippen LogP contribution in [0.15, 0.2) is 43.0 Å². The molecule has 0 N–H and O–H groups in total. The van der Waals surface area contributed by atoms with E-state index in [0.29, 0.717) is 19.6 Å². The summed E-state index contributed by atoms with van der Waals surface area (Å²) >= 11 is 0. The highest BCUT2D eigenvalue weighted by atomic mass is 19.1. The standard InChI is InChI=1S/C16H21FN4O/c1-19(11-14-3-5-15(17)6-4-14)12-16(22)20(2)9-10-21-8-7-18-13-21/h3-8,13H,9-12H2,1-2H3. The van der Waals surface area contributed by atoms with Gasteiger partial charge in [-0.15, -0.1) is 0 Å². The molecule has 1 heterocycles. The van der Waals surface area contributed by atoms with Gasteiger partial charge in [0, 0.05) is 39.1 Å². The maximum atomic E-state index is 12.9. The van der Waals surface area contributed by atoms with Crippen LogP contribution >= 0.6 is 0 Å². The van der Waals surface area contributed by atoms with Gasteiger partial charge in [-0.05, 0) is 24.7 Å². The molecule has 0 saturated heterocycles. The van der Waals surface area contributed by atoms with Crippen LogP contribution in [-0.4, -0.2) is 52.4 Å². The predicted molar refractivity (Wildman–Crippen MR) is 82.6 cm³/mol. The average molecular weight is 304 g/mol. The van der Waals surface area contributed by atoms with Crippen molar-refractivity contribution in [2.75, 3.05) is 27.2 Å². The Morgan fingerprint density at radius 2 is 2.00 bits per heavy atom. The van der Waals surface area contributed by atoms with Crippen molar-refractivity contribution < 1.29 is 9.18 Å². The first-order valence-corrected chi connectivity index (χ1v) is 7.17. The normalized spacial score (nSPS) is 10.9. The van der Waals surface area contributed by atoms with Crippen molar-refractivity contribution in [3.8, 4) is 0 Å². The highest BCUT2D eigenvalue weighted by Gasteiger charge is 2.12. The van der Waals surface area contributed by atoms with Crippen LogP contribution in [0.5, 0.6) is 0 Å². The quantitative estimate of drug-likeness (QED) is 0.780. The third-order valence-electron chi connectivity index (χ3n) is 3.45. The summed E-state index contributed by atoms with van der Waals surface area (Å²) in [6, 6.07) is 6.34. The van der Waals surface area contributed by atoms with Crippen molar-refractivity contribution in [3.05, 3.63) is 54.4 Å². The van der Waals surface area contributed by atoms with E-state index in [4.69, 9.17) is 0 Å². The monoisotopic (exact) mass is 304 g/mol. The number of amides is 1. The van der Waals surface area contributed by atoms with Crippen molar-refractivity contribution in [2.45, 2.75) is 13.1 Å². The van der Waals surface area contributed by atoms with Crippen LogP contribution in [0, 0.1) is 5.82 Å². The summed E-state index contributed by atoms with van der Waals surface area (Å²) in [5.41, 5.74) is 0.984. The van der Waals surface area contributed by atoms with Crippen LogP contribution in [0.25, 0.3) is 0 Å². The third-order valence-corrected chi connectivity index (χ3v) is 3.45. The van der Waals surface area contributed by atoms with Crippen molar-refractivity contribution in [1.82, 2.24) is 19.4 Å². The van der Waals surface area contributed by atoms with Gasteiger partial charge in [-0.2, -0.15) is 0 Å². The highest BCUT2D eigenvalue weighted by Crippen LogP contribution is 2.05. The molecule has 0 aliphatic heterocycles. The van der Waals surface area contributed by atoms with E-state index in [1.54, 1.807) is 36.6 Å². The zero-order chi connectivity index (χ0) is 15.9. The van der Waals surface area contributed by atoms with E-state index in [-0.39, 0.29) is 11.7 Å². The lowest BCUT2D eigenvalue weighted by atomic mass is 10.2. The number of likely N-dealkylation sites (N-methyl/N-ethyl adjacent to an activating group) is 2. The van der Waals surface area contributed by atoms with Gasteiger partial charge in [0.05, 0.1) is 12.9 Å². The van der Waals surface area contributed by atoms with Gasteiger partial charge in [-0.1, -0.05) is 12.1 Å². The zero-order valence-corrected chi connectivity index (χ0v) is 12.9. The number of rotatable bonds is 7. The number of benzene rings is 1. The minimum atomic E-state index is -0.248. The molecule has 0 fully saturated rings. The van der Waals surface area contributed by atoms with Crippen molar-refractivity contribution >= 4 is 5.91 Å². The molecule has 0 unspecified atom stereocenters. The predicted octanol–water partition coefficient (Wildman–Crippen LogP) is 1.61. The summed E-state index contributed by atoms with van der Waals surface area (Å²) in [4.78, 5) is 19.8. The second-order valence-electron chi connectivity index (χ2n) is 5.41. The summed E-state index contributed by atoms with van der Waals surface area (Å²) < 4.78 is 14.8. The Balaban J connectivity index is 1.76. The second-order valence-corrected chi connectivity index (χ2v) is 5.41. The van der Waals surface area contributed by atoms with Gasteiger partial charge in [-0.3, -0.25) is 9.69 Å². The molecular formula is C16H21FN4O. The topological polar surface area (TPSA) is 41.4 Å². The van der Waals surface area contributed by atoms with E-state index in [2.05, 4.69) is 4.98 Å². The largest absolute Gasteiger partial charge is 0.343 e. The maximum Gasteiger partial charge on any atom is 0.236 e. The molecule has 0 spiro atoms. The molecule has 0 bridgehead atoms. The summed E-state index contributed by atoms with van der Waals surface area (Å²) in [6.07, 6.45) is 5.33. The number of imidazole rings is 1. The SMILES string of the molecule is CN(CC(=O)N(C)CCn1ccnc1)Cc1ccc(F)cc1. The number of carbonyl (C=O) groups is 1. The molecule has 0 atom stereocenters. The second kappa shape index (κ2) is 7.70. The van der Waals surface area contributed by atoms with E-state index in [1.807, 2.05) is 22.7 Å². The number of hydrogen-bond donors (Lipinski definition) is 0. The van der Waals surface area contributed by atoms with Gasteiger partial charge in [0.2, 0.25) is 5.91 Å². The van der Waals surface area contributed by atoms with Gasteiger partial charge in [0.1, 0.15) is 5.82 Å². The van der Waals surface area contributed by atoms with Crippen LogP contribution in [0.1, 0.15) is 5.56 Å². The number of aromatic nitrogens is 2. The number of nitrogens with zero attached hydrogens (tertiary/aromatic N) is 4. The molecule has 2 rings (SSSR count). The fourth-order valence-electron chi connectivity index (χ4n) is 2.12. The number of carbonyl (C=O) groups excluding carboxylic acids is 1. The van der Waals surface area contributed by atoms with Crippen LogP contribution in [-0.2, 0) is 17.9 Å². The van der Waals surface area contributed by atoms with Crippen molar-refractivity contribution in [1.29, 1.82) is 0 Å². The Labute approximate surface area is 130 Å². The molecule has 5 nitrogen and oxygen atoms in total. The molecule has 0 aliphatic rings. The van der Waals surface area contributed by atoms with E-state index < -0.39 is 0 Å². The Bertz CT molecular complexity index is 583. The van der Waals surface area contributed by atoms with E-state index in [1.165, 1.54) is 12.1 Å². The van der Waals surface area contributed by atoms with Crippen molar-refractivity contribution in [3.63, 3.8) is 0 Å². The van der Waals surface area contributed by atoms with Crippen LogP contribution in [0.4, 0.5) is 4.39 Å². The molecule has 0 aliphatic carbocycles. The molecule has 1 aromatic carbocycles. The van der Waals surface area contributed by atoms with Gasteiger partial charge >= 0.3 is 0 Å². The third kappa shape index (κ3) is 4.96. The lowest BCUT2D eigenvalue weighted by molar-refractivity contribution is -0.131. The Kier molecular flexibility index (Phi) is 5.66. The summed E-state index contributed by atoms with van der Waals surface area (Å²) in [7, 11) is 3.68. The van der Waals surface area contributed by atoms with Gasteiger partial charge < -0.3 is 9.47 Å². The summed E-state index contributed by atoms with van der Waals surface area (Å²) in [6.45, 7) is 2.31. The first-order chi connectivity index (χ1) is 10.5. The summed E-state index contributed by atoms with van der Waals surface area (Å²) in [5, 5.41) is 0. The Hall–Kier alpha value is -2.21. The van der Waals surface area contributed by atoms with Crippen LogP contribution in [0.2, 0.25) is 0 Å². The average Bonchev–Trinajstić information content (AvgIpc) is 3.00. The molecule has 1 amide bonds. The van der Waals surface area contributed by atoms with Gasteiger partial charge in [0.15, 0.2) is 0 Å². The van der Waals surface area contributed by atoms with Gasteiger partial charge in [-0.25, -0.2) is 9.37 Å². The zero-order valence-electron chi connectivity index (χ0n) is 12.9. The molecule has 118 valence electrons. The van der Waals surface area contributed by atoms with Crippen molar-refractivity contribution in [2.24, 2.45) is 0 Å². The molecule has 0 radical (unpaired) electrons. The fraction of sp³-hybridized carbons (Fsp3) is 0.375.